The van der Waals surface area contributed by atoms with Gasteiger partial charge in [0.15, 0.2) is 11.5 Å². The first-order valence-electron chi connectivity index (χ1n) is 4.86. The monoisotopic (exact) mass is 204 g/mol. The number of benzene rings is 1. The second-order valence-corrected chi connectivity index (χ2v) is 3.01. The fourth-order valence-corrected chi connectivity index (χ4v) is 1.25. The first-order chi connectivity index (χ1) is 7.31. The van der Waals surface area contributed by atoms with E-state index in [1.807, 2.05) is 37.3 Å². The lowest BCUT2D eigenvalue weighted by Gasteiger charge is -2.09. The normalized spacial score (nSPS) is 10.3. The minimum absolute atomic E-state index is 0.485. The van der Waals surface area contributed by atoms with Gasteiger partial charge < -0.3 is 9.47 Å². The van der Waals surface area contributed by atoms with Gasteiger partial charge in [-0.1, -0.05) is 30.9 Å². The van der Waals surface area contributed by atoms with Crippen molar-refractivity contribution in [3.05, 3.63) is 42.5 Å². The van der Waals surface area contributed by atoms with Crippen molar-refractivity contribution >= 4 is 6.08 Å². The summed E-state index contributed by atoms with van der Waals surface area (Å²) in [6.07, 6.45) is 5.71. The van der Waals surface area contributed by atoms with E-state index >= 15 is 0 Å². The van der Waals surface area contributed by atoms with Crippen LogP contribution in [0, 0.1) is 0 Å². The molecule has 2 heteroatoms. The first-order valence-corrected chi connectivity index (χ1v) is 4.86. The molecule has 0 bridgehead atoms. The van der Waals surface area contributed by atoms with E-state index in [4.69, 9.17) is 9.47 Å². The molecule has 1 aromatic carbocycles. The van der Waals surface area contributed by atoms with Crippen LogP contribution in [-0.4, -0.2) is 13.7 Å². The van der Waals surface area contributed by atoms with Crippen LogP contribution in [-0.2, 0) is 0 Å². The third-order valence-electron chi connectivity index (χ3n) is 1.90. The topological polar surface area (TPSA) is 18.5 Å². The number of ether oxygens (including phenoxy) is 2. The molecule has 0 aromatic heterocycles. The van der Waals surface area contributed by atoms with E-state index in [-0.39, 0.29) is 0 Å². The Morgan fingerprint density at radius 2 is 2.13 bits per heavy atom. The van der Waals surface area contributed by atoms with Crippen molar-refractivity contribution in [2.45, 2.75) is 6.92 Å². The number of hydrogen-bond donors (Lipinski definition) is 0. The summed E-state index contributed by atoms with van der Waals surface area (Å²) >= 11 is 0. The van der Waals surface area contributed by atoms with Crippen LogP contribution in [0.1, 0.15) is 12.5 Å². The van der Waals surface area contributed by atoms with Crippen molar-refractivity contribution in [3.8, 4) is 11.5 Å². The second kappa shape index (κ2) is 5.91. The Labute approximate surface area is 90.8 Å². The molecule has 0 aliphatic carbocycles. The van der Waals surface area contributed by atoms with Crippen molar-refractivity contribution in [1.29, 1.82) is 0 Å². The maximum atomic E-state index is 5.44. The van der Waals surface area contributed by atoms with Crippen molar-refractivity contribution in [2.75, 3.05) is 13.7 Å². The van der Waals surface area contributed by atoms with Gasteiger partial charge in [-0.25, -0.2) is 0 Å². The van der Waals surface area contributed by atoms with Crippen molar-refractivity contribution in [3.63, 3.8) is 0 Å². The average Bonchev–Trinajstić information content (AvgIpc) is 2.27. The zero-order chi connectivity index (χ0) is 11.1. The Morgan fingerprint density at radius 3 is 2.73 bits per heavy atom. The molecule has 80 valence electrons. The number of methoxy groups -OCH3 is 1. The zero-order valence-corrected chi connectivity index (χ0v) is 9.19. The molecule has 0 spiro atoms. The lowest BCUT2D eigenvalue weighted by atomic mass is 10.2. The molecule has 0 fully saturated rings. The van der Waals surface area contributed by atoms with E-state index in [2.05, 4.69) is 6.58 Å². The van der Waals surface area contributed by atoms with E-state index < -0.39 is 0 Å². The van der Waals surface area contributed by atoms with Crippen LogP contribution >= 0.6 is 0 Å². The lowest BCUT2D eigenvalue weighted by molar-refractivity contribution is 0.326. The average molecular weight is 204 g/mol. The van der Waals surface area contributed by atoms with Crippen LogP contribution in [0.25, 0.3) is 6.08 Å². The molecule has 0 unspecified atom stereocenters. The Balaban J connectivity index is 2.92. The summed E-state index contributed by atoms with van der Waals surface area (Å²) in [6, 6.07) is 5.83. The highest BCUT2D eigenvalue weighted by molar-refractivity contribution is 5.55. The smallest absolute Gasteiger partial charge is 0.161 e. The van der Waals surface area contributed by atoms with E-state index in [1.165, 1.54) is 0 Å². The third-order valence-corrected chi connectivity index (χ3v) is 1.90. The van der Waals surface area contributed by atoms with Crippen LogP contribution < -0.4 is 9.47 Å². The van der Waals surface area contributed by atoms with Gasteiger partial charge in [-0.2, -0.15) is 0 Å². The van der Waals surface area contributed by atoms with Crippen LogP contribution in [0.3, 0.4) is 0 Å². The van der Waals surface area contributed by atoms with Gasteiger partial charge in [0.25, 0.3) is 0 Å². The summed E-state index contributed by atoms with van der Waals surface area (Å²) in [5.74, 6) is 1.48. The minimum Gasteiger partial charge on any atom is -0.493 e. The fraction of sp³-hybridized carbons (Fsp3) is 0.231. The summed E-state index contributed by atoms with van der Waals surface area (Å²) < 4.78 is 10.7. The standard InChI is InChI=1S/C13H16O2/c1-4-6-11-7-8-12(15-9-5-2)13(10-11)14-3/h4-8,10H,2,9H2,1,3H3/b6-4+. The third kappa shape index (κ3) is 3.17. The highest BCUT2D eigenvalue weighted by Crippen LogP contribution is 2.28. The van der Waals surface area contributed by atoms with Crippen molar-refractivity contribution in [1.82, 2.24) is 0 Å². The van der Waals surface area contributed by atoms with Crippen molar-refractivity contribution in [2.24, 2.45) is 0 Å². The summed E-state index contributed by atoms with van der Waals surface area (Å²) in [4.78, 5) is 0. The summed E-state index contributed by atoms with van der Waals surface area (Å²) in [6.45, 7) is 6.07. The van der Waals surface area contributed by atoms with Crippen LogP contribution in [0.4, 0.5) is 0 Å². The molecule has 1 aromatic rings. The quantitative estimate of drug-likeness (QED) is 0.685. The van der Waals surface area contributed by atoms with Crippen LogP contribution in [0.5, 0.6) is 11.5 Å². The molecule has 0 aliphatic heterocycles. The second-order valence-electron chi connectivity index (χ2n) is 3.01. The van der Waals surface area contributed by atoms with E-state index in [0.29, 0.717) is 6.61 Å². The summed E-state index contributed by atoms with van der Waals surface area (Å²) in [5, 5.41) is 0. The van der Waals surface area contributed by atoms with Gasteiger partial charge >= 0.3 is 0 Å². The highest BCUT2D eigenvalue weighted by atomic mass is 16.5. The molecule has 0 amide bonds. The molecule has 1 rings (SSSR count). The van der Waals surface area contributed by atoms with Gasteiger partial charge in [0.05, 0.1) is 7.11 Å². The molecule has 0 atom stereocenters. The molecule has 0 saturated heterocycles. The zero-order valence-electron chi connectivity index (χ0n) is 9.19. The van der Waals surface area contributed by atoms with Gasteiger partial charge in [0.1, 0.15) is 6.61 Å². The van der Waals surface area contributed by atoms with E-state index in [9.17, 15) is 0 Å². The highest BCUT2D eigenvalue weighted by Gasteiger charge is 2.03. The first kappa shape index (κ1) is 11.4. The SMILES string of the molecule is C=CCOc1ccc(/C=C/C)cc1OC. The van der Waals surface area contributed by atoms with Gasteiger partial charge in [-0.05, 0) is 24.6 Å². The number of rotatable bonds is 5. The Bertz CT molecular complexity index is 354. The van der Waals surface area contributed by atoms with Gasteiger partial charge in [0, 0.05) is 0 Å². The van der Waals surface area contributed by atoms with E-state index in [1.54, 1.807) is 13.2 Å². The molecule has 0 heterocycles. The van der Waals surface area contributed by atoms with Gasteiger partial charge in [-0.15, -0.1) is 0 Å². The molecule has 0 N–H and O–H groups in total. The Kier molecular flexibility index (Phi) is 4.48. The Hall–Kier alpha value is -1.70. The van der Waals surface area contributed by atoms with Gasteiger partial charge in [0.2, 0.25) is 0 Å². The predicted molar refractivity (Wildman–Crippen MR) is 63.4 cm³/mol. The molecule has 0 radical (unpaired) electrons. The van der Waals surface area contributed by atoms with Crippen LogP contribution in [0.15, 0.2) is 36.9 Å². The molecular weight excluding hydrogens is 188 g/mol. The minimum atomic E-state index is 0.485. The Morgan fingerprint density at radius 1 is 1.33 bits per heavy atom. The van der Waals surface area contributed by atoms with Gasteiger partial charge in [-0.3, -0.25) is 0 Å². The maximum absolute atomic E-state index is 5.44. The molecule has 0 aliphatic rings. The summed E-state index contributed by atoms with van der Waals surface area (Å²) in [5.41, 5.74) is 1.10. The maximum Gasteiger partial charge on any atom is 0.161 e. The van der Waals surface area contributed by atoms with Crippen molar-refractivity contribution < 1.29 is 9.47 Å². The molecular formula is C13H16O2. The van der Waals surface area contributed by atoms with E-state index in [0.717, 1.165) is 17.1 Å². The molecule has 15 heavy (non-hydrogen) atoms. The molecule has 2 nitrogen and oxygen atoms in total. The predicted octanol–water partition coefficient (Wildman–Crippen LogP) is 3.29. The van der Waals surface area contributed by atoms with Crippen LogP contribution in [0.2, 0.25) is 0 Å². The summed E-state index contributed by atoms with van der Waals surface area (Å²) in [7, 11) is 1.63. The molecule has 0 saturated carbocycles. The fourth-order valence-electron chi connectivity index (χ4n) is 1.25. The largest absolute Gasteiger partial charge is 0.493 e. The lowest BCUT2D eigenvalue weighted by Crippen LogP contribution is -1.96. The number of allylic oxidation sites excluding steroid dienone is 1. The number of hydrogen-bond acceptors (Lipinski definition) is 2.